The van der Waals surface area contributed by atoms with Gasteiger partial charge in [-0.25, -0.2) is 4.39 Å². The molecule has 3 aromatic carbocycles. The number of anilines is 1. The number of nitrogens with zero attached hydrogens (tertiary/aromatic N) is 3. The van der Waals surface area contributed by atoms with Gasteiger partial charge in [0, 0.05) is 24.8 Å². The molecule has 1 amide bonds. The van der Waals surface area contributed by atoms with Crippen molar-refractivity contribution in [3.05, 3.63) is 70.3 Å². The number of pyridine rings is 1. The standard InChI is InChI=1S/C33H36FN5O3/c1-37-14-10-22(11-15-37)36-29-26(34)18-24-30-32(29)42-28-17-21-7-4-3-6-20(21)16-27(28)39(30)19-25(31(24)40)33(41)35-12-9-23-8-5-13-38(23)2/h3-4,6-7,16-19,22-23,36H,5,8-15H2,1-2H3,(H,35,41). The molecule has 0 aliphatic carbocycles. The van der Waals surface area contributed by atoms with Crippen LogP contribution in [0.2, 0.25) is 0 Å². The minimum atomic E-state index is -0.564. The second kappa shape index (κ2) is 10.7. The lowest BCUT2D eigenvalue weighted by Gasteiger charge is -2.32. The third-order valence-corrected chi connectivity index (χ3v) is 9.24. The van der Waals surface area contributed by atoms with Crippen LogP contribution in [0.3, 0.4) is 0 Å². The summed E-state index contributed by atoms with van der Waals surface area (Å²) in [7, 11) is 4.19. The van der Waals surface area contributed by atoms with Gasteiger partial charge in [-0.15, -0.1) is 0 Å². The third kappa shape index (κ3) is 4.70. The summed E-state index contributed by atoms with van der Waals surface area (Å²) in [5, 5.41) is 8.45. The second-order valence-corrected chi connectivity index (χ2v) is 12.0. The summed E-state index contributed by atoms with van der Waals surface area (Å²) in [4.78, 5) is 31.8. The second-order valence-electron chi connectivity index (χ2n) is 12.0. The number of carbonyl (C=O) groups excluding carboxylic acids is 1. The quantitative estimate of drug-likeness (QED) is 0.296. The number of piperidine rings is 1. The molecule has 7 rings (SSSR count). The summed E-state index contributed by atoms with van der Waals surface area (Å²) < 4.78 is 24.2. The van der Waals surface area contributed by atoms with Gasteiger partial charge >= 0.3 is 0 Å². The Morgan fingerprint density at radius 3 is 2.55 bits per heavy atom. The zero-order valence-corrected chi connectivity index (χ0v) is 24.1. The molecular weight excluding hydrogens is 533 g/mol. The summed E-state index contributed by atoms with van der Waals surface area (Å²) >= 11 is 0. The van der Waals surface area contributed by atoms with E-state index in [1.165, 1.54) is 6.07 Å². The summed E-state index contributed by atoms with van der Waals surface area (Å²) in [6.45, 7) is 3.36. The lowest BCUT2D eigenvalue weighted by molar-refractivity contribution is 0.0949. The molecule has 3 aliphatic rings. The number of fused-ring (bicyclic) bond motifs is 3. The largest absolute Gasteiger partial charge is 0.451 e. The smallest absolute Gasteiger partial charge is 0.256 e. The molecule has 2 N–H and O–H groups in total. The fraction of sp³-hybridized carbons (Fsp3) is 0.394. The number of hydrogen-bond donors (Lipinski definition) is 2. The van der Waals surface area contributed by atoms with Gasteiger partial charge in [-0.2, -0.15) is 0 Å². The highest BCUT2D eigenvalue weighted by molar-refractivity contribution is 6.02. The van der Waals surface area contributed by atoms with Crippen LogP contribution in [-0.4, -0.2) is 72.6 Å². The van der Waals surface area contributed by atoms with Crippen LogP contribution >= 0.6 is 0 Å². The predicted molar refractivity (Wildman–Crippen MR) is 164 cm³/mol. The number of rotatable bonds is 6. The van der Waals surface area contributed by atoms with Crippen molar-refractivity contribution in [3.63, 3.8) is 0 Å². The Morgan fingerprint density at radius 2 is 1.81 bits per heavy atom. The number of nitrogens with one attached hydrogen (secondary N) is 2. The summed E-state index contributed by atoms with van der Waals surface area (Å²) in [5.41, 5.74) is 0.899. The van der Waals surface area contributed by atoms with Crippen LogP contribution in [0.4, 0.5) is 10.1 Å². The Bertz CT molecular complexity index is 1760. The van der Waals surface area contributed by atoms with Crippen LogP contribution in [0.15, 0.2) is 53.5 Å². The number of halogens is 1. The Labute approximate surface area is 244 Å². The molecule has 1 aromatic heterocycles. The van der Waals surface area contributed by atoms with E-state index in [-0.39, 0.29) is 28.4 Å². The first-order valence-electron chi connectivity index (χ1n) is 14.9. The van der Waals surface area contributed by atoms with Crippen LogP contribution < -0.4 is 20.8 Å². The maximum Gasteiger partial charge on any atom is 0.256 e. The van der Waals surface area contributed by atoms with Crippen LogP contribution in [0, 0.1) is 5.82 Å². The average Bonchev–Trinajstić information content (AvgIpc) is 3.40. The van der Waals surface area contributed by atoms with E-state index in [1.54, 1.807) is 6.20 Å². The first-order chi connectivity index (χ1) is 20.4. The summed E-state index contributed by atoms with van der Waals surface area (Å²) in [6, 6.07) is 13.6. The van der Waals surface area contributed by atoms with Crippen molar-refractivity contribution in [3.8, 4) is 17.2 Å². The van der Waals surface area contributed by atoms with Crippen molar-refractivity contribution in [2.45, 2.75) is 44.2 Å². The molecule has 2 saturated heterocycles. The lowest BCUT2D eigenvalue weighted by atomic mass is 10.0. The van der Waals surface area contributed by atoms with E-state index in [0.29, 0.717) is 29.5 Å². The highest BCUT2D eigenvalue weighted by atomic mass is 19.1. The van der Waals surface area contributed by atoms with Gasteiger partial charge in [-0.1, -0.05) is 24.3 Å². The minimum Gasteiger partial charge on any atom is -0.451 e. The van der Waals surface area contributed by atoms with Gasteiger partial charge < -0.3 is 29.7 Å². The highest BCUT2D eigenvalue weighted by Gasteiger charge is 2.30. The molecule has 2 fully saturated rings. The Kier molecular flexibility index (Phi) is 6.86. The molecule has 4 heterocycles. The van der Waals surface area contributed by atoms with Crippen LogP contribution in [0.5, 0.6) is 11.5 Å². The Balaban J connectivity index is 1.33. The Hall–Kier alpha value is -3.95. The highest BCUT2D eigenvalue weighted by Crippen LogP contribution is 2.46. The summed E-state index contributed by atoms with van der Waals surface area (Å²) in [5.74, 6) is -0.194. The molecule has 8 nitrogen and oxygen atoms in total. The van der Waals surface area contributed by atoms with E-state index in [2.05, 4.69) is 34.5 Å². The zero-order chi connectivity index (χ0) is 29.0. The molecule has 9 heteroatoms. The Morgan fingerprint density at radius 1 is 1.05 bits per heavy atom. The van der Waals surface area contributed by atoms with Crippen molar-refractivity contribution >= 4 is 33.3 Å². The number of aromatic nitrogens is 1. The van der Waals surface area contributed by atoms with Gasteiger partial charge in [0.2, 0.25) is 5.43 Å². The molecule has 218 valence electrons. The fourth-order valence-corrected chi connectivity index (χ4v) is 6.75. The molecule has 4 aromatic rings. The first-order valence-corrected chi connectivity index (χ1v) is 14.9. The predicted octanol–water partition coefficient (Wildman–Crippen LogP) is 5.11. The van der Waals surface area contributed by atoms with E-state index in [4.69, 9.17) is 4.74 Å². The summed E-state index contributed by atoms with van der Waals surface area (Å²) in [6.07, 6.45) is 6.42. The van der Waals surface area contributed by atoms with Gasteiger partial charge in [0.05, 0.1) is 11.1 Å². The maximum atomic E-state index is 15.9. The van der Waals surface area contributed by atoms with Crippen LogP contribution in [0.1, 0.15) is 42.5 Å². The lowest BCUT2D eigenvalue weighted by Crippen LogP contribution is -2.37. The number of hydrogen-bond acceptors (Lipinski definition) is 6. The van der Waals surface area contributed by atoms with E-state index < -0.39 is 17.2 Å². The topological polar surface area (TPSA) is 78.8 Å². The van der Waals surface area contributed by atoms with Crippen molar-refractivity contribution < 1.29 is 13.9 Å². The molecular formula is C33H36FN5O3. The SMILES string of the molecule is CN1CCC(Nc2c(F)cc3c(=O)c(C(=O)NCCC4CCCN4C)cn4c3c2Oc2cc3ccccc3cc2-4)CC1. The molecule has 3 aliphatic heterocycles. The number of likely N-dealkylation sites (tertiary alicyclic amines) is 2. The molecule has 1 unspecified atom stereocenters. The van der Waals surface area contributed by atoms with E-state index in [1.807, 2.05) is 41.0 Å². The zero-order valence-electron chi connectivity index (χ0n) is 24.1. The minimum absolute atomic E-state index is 0.00957. The molecule has 0 spiro atoms. The maximum absolute atomic E-state index is 15.9. The van der Waals surface area contributed by atoms with E-state index in [0.717, 1.165) is 62.5 Å². The first kappa shape index (κ1) is 26.9. The number of benzene rings is 3. The van der Waals surface area contributed by atoms with Crippen LogP contribution in [0.25, 0.3) is 27.4 Å². The van der Waals surface area contributed by atoms with Crippen molar-refractivity contribution in [2.24, 2.45) is 0 Å². The van der Waals surface area contributed by atoms with Crippen molar-refractivity contribution in [2.75, 3.05) is 45.6 Å². The van der Waals surface area contributed by atoms with Gasteiger partial charge in [0.25, 0.3) is 5.91 Å². The van der Waals surface area contributed by atoms with Gasteiger partial charge in [-0.05, 0) is 94.8 Å². The van der Waals surface area contributed by atoms with Gasteiger partial charge in [0.15, 0.2) is 17.3 Å². The van der Waals surface area contributed by atoms with Gasteiger partial charge in [-0.3, -0.25) is 9.59 Å². The van der Waals surface area contributed by atoms with Crippen molar-refractivity contribution in [1.82, 2.24) is 19.7 Å². The van der Waals surface area contributed by atoms with E-state index >= 15 is 4.39 Å². The normalized spacial score (nSPS) is 19.2. The molecule has 0 bridgehead atoms. The molecule has 1 atom stereocenters. The van der Waals surface area contributed by atoms with E-state index in [9.17, 15) is 9.59 Å². The average molecular weight is 570 g/mol. The molecule has 0 saturated carbocycles. The fourth-order valence-electron chi connectivity index (χ4n) is 6.75. The molecule has 42 heavy (non-hydrogen) atoms. The number of ether oxygens (including phenoxy) is 1. The van der Waals surface area contributed by atoms with Crippen LogP contribution in [-0.2, 0) is 0 Å². The third-order valence-electron chi connectivity index (χ3n) is 9.24. The number of carbonyl (C=O) groups is 1. The number of amides is 1. The van der Waals surface area contributed by atoms with Gasteiger partial charge in [0.1, 0.15) is 16.8 Å². The monoisotopic (exact) mass is 569 g/mol. The van der Waals surface area contributed by atoms with Crippen molar-refractivity contribution in [1.29, 1.82) is 0 Å². The molecule has 0 radical (unpaired) electrons.